The van der Waals surface area contributed by atoms with Gasteiger partial charge in [-0.3, -0.25) is 9.48 Å². The average Bonchev–Trinajstić information content (AvgIpc) is 2.87. The molecule has 1 aliphatic heterocycles. The zero-order valence-corrected chi connectivity index (χ0v) is 14.2. The Kier molecular flexibility index (Phi) is 5.62. The minimum Gasteiger partial charge on any atom is -0.393 e. The van der Waals surface area contributed by atoms with Gasteiger partial charge >= 0.3 is 0 Å². The number of hydrogen-bond acceptors (Lipinski definition) is 3. The number of aromatic nitrogens is 2. The molecule has 22 heavy (non-hydrogen) atoms. The molecule has 5 heteroatoms. The molecule has 0 aliphatic carbocycles. The van der Waals surface area contributed by atoms with E-state index in [1.165, 1.54) is 0 Å². The van der Waals surface area contributed by atoms with Crippen LogP contribution in [0.5, 0.6) is 0 Å². The van der Waals surface area contributed by atoms with Crippen molar-refractivity contribution < 1.29 is 9.90 Å². The lowest BCUT2D eigenvalue weighted by Gasteiger charge is -2.34. The first-order valence-electron chi connectivity index (χ1n) is 8.44. The number of hydrogen-bond donors (Lipinski definition) is 1. The number of likely N-dealkylation sites (tertiary alicyclic amines) is 1. The van der Waals surface area contributed by atoms with E-state index >= 15 is 0 Å². The molecule has 0 aromatic carbocycles. The molecule has 2 heterocycles. The van der Waals surface area contributed by atoms with Gasteiger partial charge in [0.05, 0.1) is 6.10 Å². The van der Waals surface area contributed by atoms with Crippen molar-refractivity contribution in [1.29, 1.82) is 0 Å². The van der Waals surface area contributed by atoms with Crippen LogP contribution in [0.25, 0.3) is 0 Å². The molecule has 0 saturated carbocycles. The molecule has 1 N–H and O–H groups in total. The smallest absolute Gasteiger partial charge is 0.274 e. The number of aryl methyl sites for hydroxylation is 2. The molecular weight excluding hydrogens is 278 g/mol. The molecule has 124 valence electrons. The molecule has 1 aliphatic rings. The molecule has 0 unspecified atom stereocenters. The molecule has 1 amide bonds. The van der Waals surface area contributed by atoms with Gasteiger partial charge < -0.3 is 10.0 Å². The summed E-state index contributed by atoms with van der Waals surface area (Å²) in [5.74, 6) is 0.851. The highest BCUT2D eigenvalue weighted by Gasteiger charge is 2.29. The maximum Gasteiger partial charge on any atom is 0.274 e. The molecule has 0 bridgehead atoms. The van der Waals surface area contributed by atoms with Crippen molar-refractivity contribution in [2.24, 2.45) is 11.8 Å². The number of aliphatic hydroxyl groups excluding tert-OH is 1. The largest absolute Gasteiger partial charge is 0.393 e. The second kappa shape index (κ2) is 7.27. The predicted molar refractivity (Wildman–Crippen MR) is 86.7 cm³/mol. The van der Waals surface area contributed by atoms with Crippen LogP contribution in [0.3, 0.4) is 0 Å². The van der Waals surface area contributed by atoms with E-state index in [0.29, 0.717) is 17.5 Å². The Labute approximate surface area is 133 Å². The lowest BCUT2D eigenvalue weighted by molar-refractivity contribution is 0.0382. The molecule has 0 spiro atoms. The van der Waals surface area contributed by atoms with Crippen molar-refractivity contribution in [3.8, 4) is 0 Å². The van der Waals surface area contributed by atoms with Gasteiger partial charge in [-0.25, -0.2) is 0 Å². The molecule has 1 atom stereocenters. The van der Waals surface area contributed by atoms with Crippen molar-refractivity contribution in [3.05, 3.63) is 17.5 Å². The van der Waals surface area contributed by atoms with Crippen LogP contribution in [0.2, 0.25) is 0 Å². The molecule has 1 saturated heterocycles. The summed E-state index contributed by atoms with van der Waals surface area (Å²) in [6, 6.07) is 1.87. The lowest BCUT2D eigenvalue weighted by atomic mass is 9.87. The summed E-state index contributed by atoms with van der Waals surface area (Å²) in [4.78, 5) is 14.4. The van der Waals surface area contributed by atoms with Crippen molar-refractivity contribution in [1.82, 2.24) is 14.7 Å². The summed E-state index contributed by atoms with van der Waals surface area (Å²) in [6.45, 7) is 10.5. The second-order valence-electron chi connectivity index (χ2n) is 6.81. The summed E-state index contributed by atoms with van der Waals surface area (Å²) in [5, 5.41) is 14.6. The van der Waals surface area contributed by atoms with E-state index < -0.39 is 0 Å². The van der Waals surface area contributed by atoms with Crippen molar-refractivity contribution in [2.75, 3.05) is 13.1 Å². The third-order valence-electron chi connectivity index (χ3n) is 4.58. The zero-order valence-electron chi connectivity index (χ0n) is 14.2. The Balaban J connectivity index is 1.92. The van der Waals surface area contributed by atoms with Crippen molar-refractivity contribution >= 4 is 5.91 Å². The van der Waals surface area contributed by atoms with E-state index in [0.717, 1.165) is 44.6 Å². The van der Waals surface area contributed by atoms with E-state index in [2.05, 4.69) is 18.9 Å². The topological polar surface area (TPSA) is 58.4 Å². The van der Waals surface area contributed by atoms with Gasteiger partial charge in [-0.2, -0.15) is 5.10 Å². The summed E-state index contributed by atoms with van der Waals surface area (Å²) >= 11 is 0. The third kappa shape index (κ3) is 3.88. The number of rotatable bonds is 5. The van der Waals surface area contributed by atoms with Gasteiger partial charge in [0.25, 0.3) is 5.91 Å². The Morgan fingerprint density at radius 1 is 1.41 bits per heavy atom. The molecule has 0 radical (unpaired) electrons. The second-order valence-corrected chi connectivity index (χ2v) is 6.81. The fourth-order valence-corrected chi connectivity index (χ4v) is 3.26. The summed E-state index contributed by atoms with van der Waals surface area (Å²) in [5.41, 5.74) is 1.56. The van der Waals surface area contributed by atoms with Crippen LogP contribution >= 0.6 is 0 Å². The Morgan fingerprint density at radius 3 is 2.55 bits per heavy atom. The molecule has 1 fully saturated rings. The van der Waals surface area contributed by atoms with Gasteiger partial charge in [0, 0.05) is 25.3 Å². The Bertz CT molecular complexity index is 502. The van der Waals surface area contributed by atoms with Gasteiger partial charge in [0.15, 0.2) is 5.69 Å². The SMILES string of the molecule is CCn1nc(C(=O)N2CCC([C@H](O)CC(C)C)CC2)cc1C. The maximum atomic E-state index is 12.5. The zero-order chi connectivity index (χ0) is 16.3. The van der Waals surface area contributed by atoms with E-state index in [4.69, 9.17) is 0 Å². The standard InChI is InChI=1S/C17H29N3O2/c1-5-20-13(4)11-15(18-20)17(22)19-8-6-14(7-9-19)16(21)10-12(2)3/h11-12,14,16,21H,5-10H2,1-4H3/t16-/m1/s1. The van der Waals surface area contributed by atoms with Crippen LogP contribution < -0.4 is 0 Å². The fourth-order valence-electron chi connectivity index (χ4n) is 3.26. The van der Waals surface area contributed by atoms with Gasteiger partial charge in [-0.1, -0.05) is 13.8 Å². The predicted octanol–water partition coefficient (Wildman–Crippen LogP) is 2.47. The molecule has 1 aromatic rings. The van der Waals surface area contributed by atoms with Crippen LogP contribution in [-0.2, 0) is 6.54 Å². The molecule has 5 nitrogen and oxygen atoms in total. The van der Waals surface area contributed by atoms with Crippen LogP contribution in [0.1, 0.15) is 56.2 Å². The van der Waals surface area contributed by atoms with Crippen LogP contribution in [-0.4, -0.2) is 44.9 Å². The number of amides is 1. The van der Waals surface area contributed by atoms with E-state index in [1.54, 1.807) is 0 Å². The number of nitrogens with zero attached hydrogens (tertiary/aromatic N) is 3. The Hall–Kier alpha value is -1.36. The number of aliphatic hydroxyl groups is 1. The van der Waals surface area contributed by atoms with Crippen molar-refractivity contribution in [3.63, 3.8) is 0 Å². The highest BCUT2D eigenvalue weighted by molar-refractivity contribution is 5.92. The minimum absolute atomic E-state index is 0.0205. The van der Waals surface area contributed by atoms with Gasteiger partial charge in [0.1, 0.15) is 0 Å². The first-order chi connectivity index (χ1) is 10.4. The normalized spacial score (nSPS) is 18.0. The van der Waals surface area contributed by atoms with Crippen LogP contribution in [0.4, 0.5) is 0 Å². The lowest BCUT2D eigenvalue weighted by Crippen LogP contribution is -2.41. The fraction of sp³-hybridized carbons (Fsp3) is 0.765. The highest BCUT2D eigenvalue weighted by atomic mass is 16.3. The first-order valence-corrected chi connectivity index (χ1v) is 8.44. The molecular formula is C17H29N3O2. The van der Waals surface area contributed by atoms with E-state index in [9.17, 15) is 9.90 Å². The first kappa shape index (κ1) is 17.0. The number of carbonyl (C=O) groups is 1. The summed E-state index contributed by atoms with van der Waals surface area (Å²) in [6.07, 6.45) is 2.37. The van der Waals surface area contributed by atoms with E-state index in [-0.39, 0.29) is 12.0 Å². The van der Waals surface area contributed by atoms with Crippen molar-refractivity contribution in [2.45, 2.75) is 59.6 Å². The third-order valence-corrected chi connectivity index (χ3v) is 4.58. The van der Waals surface area contributed by atoms with Gasteiger partial charge in [-0.15, -0.1) is 0 Å². The van der Waals surface area contributed by atoms with Gasteiger partial charge in [-0.05, 0) is 51.0 Å². The molecule has 2 rings (SSSR count). The average molecular weight is 307 g/mol. The highest BCUT2D eigenvalue weighted by Crippen LogP contribution is 2.25. The van der Waals surface area contributed by atoms with Gasteiger partial charge in [0.2, 0.25) is 0 Å². The number of piperidine rings is 1. The summed E-state index contributed by atoms with van der Waals surface area (Å²) in [7, 11) is 0. The monoisotopic (exact) mass is 307 g/mol. The molecule has 1 aromatic heterocycles. The van der Waals surface area contributed by atoms with Crippen LogP contribution in [0, 0.1) is 18.8 Å². The maximum absolute atomic E-state index is 12.5. The van der Waals surface area contributed by atoms with Crippen LogP contribution in [0.15, 0.2) is 6.07 Å². The minimum atomic E-state index is -0.237. The number of carbonyl (C=O) groups excluding carboxylic acids is 1. The summed E-state index contributed by atoms with van der Waals surface area (Å²) < 4.78 is 1.85. The quantitative estimate of drug-likeness (QED) is 0.909. The van der Waals surface area contributed by atoms with E-state index in [1.807, 2.05) is 29.5 Å². The Morgan fingerprint density at radius 2 is 2.05 bits per heavy atom.